The van der Waals surface area contributed by atoms with E-state index in [0.29, 0.717) is 28.6 Å². The van der Waals surface area contributed by atoms with Gasteiger partial charge in [0.2, 0.25) is 0 Å². The molecule has 0 saturated heterocycles. The summed E-state index contributed by atoms with van der Waals surface area (Å²) < 4.78 is 21.1. The number of phenolic OH excluding ortho intramolecular Hbond substituents is 1. The van der Waals surface area contributed by atoms with Crippen LogP contribution in [0.5, 0.6) is 5.75 Å². The topological polar surface area (TPSA) is 50.9 Å². The van der Waals surface area contributed by atoms with Gasteiger partial charge in [0, 0.05) is 28.5 Å². The Bertz CT molecular complexity index is 3540. The number of para-hydroxylation sites is 1. The molecule has 9 rings (SSSR count). The van der Waals surface area contributed by atoms with Crippen LogP contribution in [0.3, 0.4) is 0 Å². The van der Waals surface area contributed by atoms with Crippen molar-refractivity contribution in [3.8, 4) is 78.6 Å². The second-order valence-electron chi connectivity index (χ2n) is 23.8. The second-order valence-corrected chi connectivity index (χ2v) is 23.8. The third-order valence-electron chi connectivity index (χ3n) is 14.0. The van der Waals surface area contributed by atoms with Gasteiger partial charge in [-0.15, -0.1) is 0 Å². The van der Waals surface area contributed by atoms with E-state index in [0.717, 1.165) is 72.4 Å². The molecule has 2 heterocycles. The van der Waals surface area contributed by atoms with E-state index in [1.165, 1.54) is 16.7 Å². The molecule has 4 heteroatoms. The Morgan fingerprint density at radius 1 is 0.493 bits per heavy atom. The van der Waals surface area contributed by atoms with Crippen LogP contribution >= 0.6 is 0 Å². The SMILES string of the molecule is [2H]c1cnc(-c2cc(-c3cccc4c3nc(-c3cc(C(C)(C)C)cc(C(C)(C)C)c3O)n4-c3ccc(C(C)(C)C)cc3-c3ccccc3)cc(C(C)(C)C)c2)c([2H])c1-c1ccc(-c2ccccc2C(C)C)cc1. The third kappa shape index (κ3) is 9.74. The summed E-state index contributed by atoms with van der Waals surface area (Å²) in [4.78, 5) is 10.5. The fraction of sp³-hybridized carbons (Fsp3) is 0.284. The van der Waals surface area contributed by atoms with E-state index in [1.54, 1.807) is 6.20 Å². The maximum atomic E-state index is 12.6. The average molecular weight is 936 g/mol. The van der Waals surface area contributed by atoms with E-state index in [-0.39, 0.29) is 39.5 Å². The highest BCUT2D eigenvalue weighted by Crippen LogP contribution is 2.46. The largest absolute Gasteiger partial charge is 0.507 e. The van der Waals surface area contributed by atoms with Crippen molar-refractivity contribution in [3.63, 3.8) is 0 Å². The fourth-order valence-corrected chi connectivity index (χ4v) is 9.70. The number of benzene rings is 7. The van der Waals surface area contributed by atoms with Gasteiger partial charge in [-0.2, -0.15) is 0 Å². The Kier molecular flexibility index (Phi) is 11.9. The summed E-state index contributed by atoms with van der Waals surface area (Å²) in [5.41, 5.74) is 16.9. The van der Waals surface area contributed by atoms with E-state index >= 15 is 0 Å². The number of pyridine rings is 1. The van der Waals surface area contributed by atoms with Gasteiger partial charge >= 0.3 is 0 Å². The van der Waals surface area contributed by atoms with Crippen molar-refractivity contribution in [1.82, 2.24) is 14.5 Å². The summed E-state index contributed by atoms with van der Waals surface area (Å²) in [7, 11) is 0. The fourth-order valence-electron chi connectivity index (χ4n) is 9.70. The van der Waals surface area contributed by atoms with Gasteiger partial charge in [-0.05, 0) is 132 Å². The molecule has 0 fully saturated rings. The molecular weight excluding hydrogens is 863 g/mol. The van der Waals surface area contributed by atoms with Gasteiger partial charge in [0.25, 0.3) is 0 Å². The smallest absolute Gasteiger partial charge is 0.149 e. The Morgan fingerprint density at radius 2 is 1.08 bits per heavy atom. The lowest BCUT2D eigenvalue weighted by molar-refractivity contribution is 0.446. The molecule has 0 aliphatic heterocycles. The zero-order chi connectivity index (χ0) is 52.5. The van der Waals surface area contributed by atoms with Crippen molar-refractivity contribution in [1.29, 1.82) is 0 Å². The number of hydrogen-bond donors (Lipinski definition) is 1. The normalized spacial score (nSPS) is 12.9. The first-order chi connectivity index (χ1) is 34.3. The van der Waals surface area contributed by atoms with Gasteiger partial charge in [0.15, 0.2) is 0 Å². The van der Waals surface area contributed by atoms with Crippen LogP contribution in [0, 0.1) is 0 Å². The molecule has 2 aromatic heterocycles. The maximum Gasteiger partial charge on any atom is 0.149 e. The Labute approximate surface area is 426 Å². The molecule has 0 aliphatic carbocycles. The van der Waals surface area contributed by atoms with Crippen LogP contribution < -0.4 is 0 Å². The molecule has 360 valence electrons. The van der Waals surface area contributed by atoms with Gasteiger partial charge in [0.05, 0.1) is 30.7 Å². The van der Waals surface area contributed by atoms with Crippen molar-refractivity contribution >= 4 is 11.0 Å². The molecule has 0 spiro atoms. The number of hydrogen-bond acceptors (Lipinski definition) is 3. The van der Waals surface area contributed by atoms with E-state index in [2.05, 4.69) is 235 Å². The zero-order valence-corrected chi connectivity index (χ0v) is 44.3. The summed E-state index contributed by atoms with van der Waals surface area (Å²) in [5, 5.41) is 12.6. The van der Waals surface area contributed by atoms with Gasteiger partial charge in [-0.25, -0.2) is 4.98 Å². The highest BCUT2D eigenvalue weighted by molar-refractivity contribution is 5.98. The van der Waals surface area contributed by atoms with Crippen LogP contribution in [-0.4, -0.2) is 19.6 Å². The van der Waals surface area contributed by atoms with Crippen LogP contribution in [0.25, 0.3) is 83.9 Å². The molecule has 0 unspecified atom stereocenters. The van der Waals surface area contributed by atoms with Crippen LogP contribution in [-0.2, 0) is 21.7 Å². The summed E-state index contributed by atoms with van der Waals surface area (Å²) in [6.45, 7) is 30.9. The molecule has 0 aliphatic rings. The zero-order valence-electron chi connectivity index (χ0n) is 46.3. The predicted octanol–water partition coefficient (Wildman–Crippen LogP) is 18.4. The standard InChI is InChI=1S/C67H71N3O/c1-42(2)52-23-18-19-24-53(52)45-29-27-43(28-30-45)46-33-34-68-58(38-46)48-35-47(36-50(37-48)65(6,7)8)54-25-20-26-60-61(54)69-63(56-40-51(66(9,10)11)41-57(62(56)71)67(12,13)14)70(60)59-32-31-49(64(3,4)5)39-55(59)44-21-16-15-17-22-44/h15-42,71H,1-14H3/i33D,38D. The number of aromatic hydroxyl groups is 1. The molecular formula is C67H71N3O. The van der Waals surface area contributed by atoms with E-state index in [4.69, 9.17) is 11.3 Å². The minimum atomic E-state index is -0.360. The van der Waals surface area contributed by atoms with Crippen LogP contribution in [0.1, 0.15) is 133 Å². The first kappa shape index (κ1) is 46.3. The molecule has 0 amide bonds. The van der Waals surface area contributed by atoms with E-state index in [1.807, 2.05) is 12.1 Å². The molecule has 1 N–H and O–H groups in total. The number of fused-ring (bicyclic) bond motifs is 1. The van der Waals surface area contributed by atoms with Crippen molar-refractivity contribution in [2.24, 2.45) is 0 Å². The van der Waals surface area contributed by atoms with Crippen molar-refractivity contribution in [2.75, 3.05) is 0 Å². The van der Waals surface area contributed by atoms with Gasteiger partial charge in [-0.3, -0.25) is 9.55 Å². The summed E-state index contributed by atoms with van der Waals surface area (Å²) in [6, 6.07) is 51.7. The number of imidazole rings is 1. The number of aromatic nitrogens is 3. The molecule has 0 atom stereocenters. The van der Waals surface area contributed by atoms with E-state index < -0.39 is 0 Å². The summed E-state index contributed by atoms with van der Waals surface area (Å²) >= 11 is 0. The highest BCUT2D eigenvalue weighted by Gasteiger charge is 2.30. The Morgan fingerprint density at radius 3 is 1.75 bits per heavy atom. The molecule has 0 saturated carbocycles. The molecule has 9 aromatic rings. The Hall–Kier alpha value is -7.04. The monoisotopic (exact) mass is 936 g/mol. The minimum absolute atomic E-state index is 0.105. The van der Waals surface area contributed by atoms with Gasteiger partial charge in [0.1, 0.15) is 11.6 Å². The van der Waals surface area contributed by atoms with Crippen LogP contribution in [0.4, 0.5) is 0 Å². The second kappa shape index (κ2) is 18.3. The number of nitrogens with zero attached hydrogens (tertiary/aromatic N) is 3. The van der Waals surface area contributed by atoms with Gasteiger partial charge < -0.3 is 5.11 Å². The van der Waals surface area contributed by atoms with Crippen LogP contribution in [0.15, 0.2) is 164 Å². The van der Waals surface area contributed by atoms with Crippen molar-refractivity contribution < 1.29 is 7.85 Å². The first-order valence-corrected chi connectivity index (χ1v) is 25.2. The van der Waals surface area contributed by atoms with Gasteiger partial charge in [-0.1, -0.05) is 206 Å². The third-order valence-corrected chi connectivity index (χ3v) is 14.0. The quantitative estimate of drug-likeness (QED) is 0.165. The maximum absolute atomic E-state index is 12.6. The predicted molar refractivity (Wildman–Crippen MR) is 302 cm³/mol. The highest BCUT2D eigenvalue weighted by atomic mass is 16.3. The van der Waals surface area contributed by atoms with Crippen LogP contribution in [0.2, 0.25) is 0 Å². The summed E-state index contributed by atoms with van der Waals surface area (Å²) in [6.07, 6.45) is 1.59. The summed E-state index contributed by atoms with van der Waals surface area (Å²) in [5.74, 6) is 1.24. The number of phenols is 1. The lowest BCUT2D eigenvalue weighted by atomic mass is 9.79. The van der Waals surface area contributed by atoms with Crippen molar-refractivity contribution in [2.45, 2.75) is 125 Å². The lowest BCUT2D eigenvalue weighted by Crippen LogP contribution is -2.17. The molecule has 0 radical (unpaired) electrons. The molecule has 7 aromatic carbocycles. The molecule has 4 nitrogen and oxygen atoms in total. The molecule has 0 bridgehead atoms. The first-order valence-electron chi connectivity index (χ1n) is 26.2. The minimum Gasteiger partial charge on any atom is -0.507 e. The molecule has 71 heavy (non-hydrogen) atoms. The number of rotatable bonds is 8. The lowest BCUT2D eigenvalue weighted by Gasteiger charge is -2.28. The van der Waals surface area contributed by atoms with E-state index in [9.17, 15) is 6.48 Å². The van der Waals surface area contributed by atoms with Crippen molar-refractivity contribution in [3.05, 3.63) is 192 Å². The Balaban J connectivity index is 1.30. The average Bonchev–Trinajstić information content (AvgIpc) is 3.72.